The molecule has 3 rings (SSSR count). The van der Waals surface area contributed by atoms with Gasteiger partial charge in [-0.1, -0.05) is 0 Å². The molecule has 2 bridgehead atoms. The Labute approximate surface area is 69.2 Å². The summed E-state index contributed by atoms with van der Waals surface area (Å²) in [7, 11) is -3.26. The maximum atomic E-state index is 11.0. The van der Waals surface area contributed by atoms with Crippen molar-refractivity contribution in [2.24, 2.45) is 5.73 Å². The average molecular weight is 197 g/mol. The third kappa shape index (κ3) is 0.915. The Kier molecular flexibility index (Phi) is 1.34. The quantitative estimate of drug-likeness (QED) is 0.436. The normalized spacial score (nSPS) is 62.1. The van der Waals surface area contributed by atoms with Crippen LogP contribution in [0.25, 0.3) is 0 Å². The van der Waals surface area contributed by atoms with Crippen molar-refractivity contribution < 1.29 is 18.1 Å². The molecule has 0 saturated carbocycles. The first-order valence-corrected chi connectivity index (χ1v) is 4.95. The first kappa shape index (κ1) is 8.04. The highest BCUT2D eigenvalue weighted by molar-refractivity contribution is 7.82. The second-order valence-corrected chi connectivity index (χ2v) is 5.35. The number of hydrogen-bond acceptors (Lipinski definition) is 6. The molecule has 11 heavy (non-hydrogen) atoms. The summed E-state index contributed by atoms with van der Waals surface area (Å²) in [6.45, 7) is 1.86. The number of hydrogen-bond donors (Lipinski definition) is 2. The molecule has 1 atom stereocenters. The van der Waals surface area contributed by atoms with Gasteiger partial charge in [0.2, 0.25) is 0 Å². The highest BCUT2D eigenvalue weighted by Gasteiger charge is 2.68. The maximum absolute atomic E-state index is 11.0. The summed E-state index contributed by atoms with van der Waals surface area (Å²) in [5, 5.41) is 0. The predicted molar refractivity (Wildman–Crippen MR) is 40.0 cm³/mol. The van der Waals surface area contributed by atoms with Crippen molar-refractivity contribution in [2.45, 2.75) is 17.6 Å². The molecular formula is C4H8NO4PS. The van der Waals surface area contributed by atoms with Gasteiger partial charge in [-0.25, -0.2) is 13.6 Å². The first-order chi connectivity index (χ1) is 4.87. The minimum absolute atomic E-state index is 0.171. The van der Waals surface area contributed by atoms with Crippen LogP contribution in [-0.2, 0) is 18.1 Å². The summed E-state index contributed by atoms with van der Waals surface area (Å²) in [6.07, 6.45) is 0. The van der Waals surface area contributed by atoms with Crippen LogP contribution in [0.4, 0.5) is 0 Å². The van der Waals surface area contributed by atoms with Crippen LogP contribution in [0.5, 0.6) is 0 Å². The molecular weight excluding hydrogens is 189 g/mol. The second-order valence-electron chi connectivity index (χ2n) is 2.84. The molecule has 0 aromatic heterocycles. The zero-order valence-corrected chi connectivity index (χ0v) is 7.60. The molecule has 64 valence electrons. The van der Waals surface area contributed by atoms with Crippen molar-refractivity contribution in [1.82, 2.24) is 0 Å². The molecule has 0 aromatic carbocycles. The summed E-state index contributed by atoms with van der Waals surface area (Å²) < 4.78 is 24.6. The number of nitrogens with two attached hydrogens (primary N) is 1. The van der Waals surface area contributed by atoms with Gasteiger partial charge in [0.1, 0.15) is 4.75 Å². The van der Waals surface area contributed by atoms with E-state index in [9.17, 15) is 4.57 Å². The molecule has 3 fully saturated rings. The van der Waals surface area contributed by atoms with E-state index >= 15 is 0 Å². The summed E-state index contributed by atoms with van der Waals surface area (Å²) in [5.41, 5.74) is 5.53. The van der Waals surface area contributed by atoms with E-state index in [0.29, 0.717) is 0 Å². The zero-order chi connectivity index (χ0) is 8.33. The van der Waals surface area contributed by atoms with Crippen LogP contribution < -0.4 is 5.73 Å². The van der Waals surface area contributed by atoms with E-state index in [1.54, 1.807) is 6.92 Å². The van der Waals surface area contributed by atoms with Crippen LogP contribution in [0.1, 0.15) is 6.92 Å². The Bertz CT molecular complexity index is 244. The molecule has 2 N–H and O–H groups in total. The van der Waals surface area contributed by atoms with Gasteiger partial charge in [-0.3, -0.25) is 10.3 Å². The number of thiol groups is 1. The van der Waals surface area contributed by atoms with Gasteiger partial charge in [-0.2, -0.15) is 12.6 Å². The van der Waals surface area contributed by atoms with E-state index in [1.807, 2.05) is 0 Å². The SMILES string of the molecule is CC1(S)COP2(=O)OC1(N)O2. The lowest BCUT2D eigenvalue weighted by molar-refractivity contribution is -0.266. The largest absolute Gasteiger partial charge is 0.482 e. The number of phosphoric acid groups is 1. The Hall–Kier alpha value is 0.420. The van der Waals surface area contributed by atoms with Crippen molar-refractivity contribution in [1.29, 1.82) is 0 Å². The van der Waals surface area contributed by atoms with Crippen LogP contribution >= 0.6 is 20.5 Å². The van der Waals surface area contributed by atoms with Gasteiger partial charge in [0, 0.05) is 0 Å². The molecule has 0 spiro atoms. The number of phosphoric ester groups is 1. The molecule has 0 aromatic rings. The molecule has 3 aliphatic rings. The van der Waals surface area contributed by atoms with Gasteiger partial charge in [0.25, 0.3) is 5.91 Å². The molecule has 0 radical (unpaired) electrons. The lowest BCUT2D eigenvalue weighted by atomic mass is 10.1. The standard InChI is InChI=1S/C4H8NO4PS/c1-3(11)2-7-10(6)8-4(3,5)9-10/h11H,2,5H2,1H3. The predicted octanol–water partition coefficient (Wildman–Crippen LogP) is 0.472. The lowest BCUT2D eigenvalue weighted by Gasteiger charge is -2.54. The smallest absolute Gasteiger partial charge is 0.285 e. The van der Waals surface area contributed by atoms with Crippen LogP contribution in [0, 0.1) is 0 Å². The van der Waals surface area contributed by atoms with Crippen LogP contribution in [0.2, 0.25) is 0 Å². The third-order valence-corrected chi connectivity index (χ3v) is 3.63. The Morgan fingerprint density at radius 1 is 1.64 bits per heavy atom. The minimum atomic E-state index is -3.26. The number of fused-ring (bicyclic) bond motifs is 2. The van der Waals surface area contributed by atoms with Crippen molar-refractivity contribution in [3.63, 3.8) is 0 Å². The van der Waals surface area contributed by atoms with Crippen molar-refractivity contribution in [3.8, 4) is 0 Å². The third-order valence-electron chi connectivity index (χ3n) is 1.75. The first-order valence-electron chi connectivity index (χ1n) is 3.04. The minimum Gasteiger partial charge on any atom is -0.285 e. The van der Waals surface area contributed by atoms with E-state index in [-0.39, 0.29) is 6.61 Å². The maximum Gasteiger partial charge on any atom is 0.482 e. The molecule has 1 unspecified atom stereocenters. The lowest BCUT2D eigenvalue weighted by Crippen LogP contribution is -2.69. The van der Waals surface area contributed by atoms with Crippen molar-refractivity contribution in [3.05, 3.63) is 0 Å². The second kappa shape index (κ2) is 1.84. The van der Waals surface area contributed by atoms with Crippen LogP contribution in [0.3, 0.4) is 0 Å². The monoisotopic (exact) mass is 197 g/mol. The fourth-order valence-electron chi connectivity index (χ4n) is 0.894. The van der Waals surface area contributed by atoms with E-state index < -0.39 is 18.5 Å². The van der Waals surface area contributed by atoms with Crippen molar-refractivity contribution in [2.75, 3.05) is 6.61 Å². The van der Waals surface area contributed by atoms with Gasteiger partial charge in [0.05, 0.1) is 6.61 Å². The summed E-state index contributed by atoms with van der Waals surface area (Å²) in [6, 6.07) is 0. The van der Waals surface area contributed by atoms with Gasteiger partial charge in [0.15, 0.2) is 0 Å². The molecule has 5 nitrogen and oxygen atoms in total. The zero-order valence-electron chi connectivity index (χ0n) is 5.81. The van der Waals surface area contributed by atoms with Gasteiger partial charge in [-0.15, -0.1) is 0 Å². The Morgan fingerprint density at radius 3 is 2.55 bits per heavy atom. The fourth-order valence-corrected chi connectivity index (χ4v) is 2.90. The van der Waals surface area contributed by atoms with E-state index in [4.69, 9.17) is 19.3 Å². The highest BCUT2D eigenvalue weighted by atomic mass is 32.1. The van der Waals surface area contributed by atoms with E-state index in [2.05, 4.69) is 12.6 Å². The van der Waals surface area contributed by atoms with Crippen LogP contribution in [-0.4, -0.2) is 17.3 Å². The summed E-state index contributed by atoms with van der Waals surface area (Å²) >= 11 is 4.15. The molecule has 0 amide bonds. The van der Waals surface area contributed by atoms with E-state index in [0.717, 1.165) is 0 Å². The molecule has 3 heterocycles. The molecule has 3 saturated heterocycles. The van der Waals surface area contributed by atoms with Gasteiger partial charge < -0.3 is 0 Å². The summed E-state index contributed by atoms with van der Waals surface area (Å²) in [5.74, 6) is -1.34. The van der Waals surface area contributed by atoms with Gasteiger partial charge in [-0.05, 0) is 6.92 Å². The van der Waals surface area contributed by atoms with Crippen molar-refractivity contribution >= 4 is 20.5 Å². The Morgan fingerprint density at radius 2 is 2.18 bits per heavy atom. The fraction of sp³-hybridized carbons (Fsp3) is 1.00. The van der Waals surface area contributed by atoms with E-state index in [1.165, 1.54) is 0 Å². The average Bonchev–Trinajstić information content (AvgIpc) is 1.77. The van der Waals surface area contributed by atoms with Crippen LogP contribution in [0.15, 0.2) is 0 Å². The van der Waals surface area contributed by atoms with Gasteiger partial charge >= 0.3 is 7.82 Å². The molecule has 0 aliphatic carbocycles. The molecule has 3 aliphatic heterocycles. The Balaban J connectivity index is 2.30. The highest BCUT2D eigenvalue weighted by Crippen LogP contribution is 2.70. The topological polar surface area (TPSA) is 70.8 Å². The molecule has 7 heteroatoms. The number of rotatable bonds is 0. The summed E-state index contributed by atoms with van der Waals surface area (Å²) in [4.78, 5) is 0.